The summed E-state index contributed by atoms with van der Waals surface area (Å²) in [5, 5.41) is 2.92. The smallest absolute Gasteiger partial charge is 0.254 e. The number of imidazole rings is 1. The van der Waals surface area contributed by atoms with Crippen molar-refractivity contribution in [2.24, 2.45) is 0 Å². The van der Waals surface area contributed by atoms with Gasteiger partial charge in [-0.25, -0.2) is 4.98 Å². The maximum absolute atomic E-state index is 13.2. The molecule has 2 amide bonds. The third kappa shape index (κ3) is 5.86. The molecule has 3 aromatic carbocycles. The summed E-state index contributed by atoms with van der Waals surface area (Å²) in [6, 6.07) is 20.5. The molecule has 4 aromatic rings. The average molecular weight is 513 g/mol. The van der Waals surface area contributed by atoms with Crippen LogP contribution < -0.4 is 14.8 Å². The fraction of sp³-hybridized carbons (Fsp3) is 0.233. The molecule has 8 heteroatoms. The van der Waals surface area contributed by atoms with Gasteiger partial charge in [0.1, 0.15) is 18.0 Å². The zero-order chi connectivity index (χ0) is 27.2. The largest absolute Gasteiger partial charge is 0.497 e. The van der Waals surface area contributed by atoms with Gasteiger partial charge in [0, 0.05) is 29.6 Å². The molecule has 1 aromatic heterocycles. The molecule has 4 rings (SSSR count). The highest BCUT2D eigenvalue weighted by atomic mass is 16.5. The molecular formula is C30H32N4O4. The second-order valence-corrected chi connectivity index (χ2v) is 8.91. The Labute approximate surface area is 222 Å². The summed E-state index contributed by atoms with van der Waals surface area (Å²) >= 11 is 0. The molecule has 0 aliphatic rings. The summed E-state index contributed by atoms with van der Waals surface area (Å²) in [5.41, 5.74) is 5.24. The van der Waals surface area contributed by atoms with E-state index in [9.17, 15) is 9.59 Å². The fourth-order valence-electron chi connectivity index (χ4n) is 4.02. The number of hydrogen-bond donors (Lipinski definition) is 1. The molecule has 0 fully saturated rings. The lowest BCUT2D eigenvalue weighted by Crippen LogP contribution is -2.38. The summed E-state index contributed by atoms with van der Waals surface area (Å²) in [6.07, 6.45) is 1.89. The van der Waals surface area contributed by atoms with Gasteiger partial charge in [-0.1, -0.05) is 6.07 Å². The minimum atomic E-state index is -0.342. The molecule has 0 spiro atoms. The Kier molecular flexibility index (Phi) is 8.11. The number of hydrogen-bond acceptors (Lipinski definition) is 5. The molecule has 0 saturated heterocycles. The number of aryl methyl sites for hydroxylation is 2. The van der Waals surface area contributed by atoms with Crippen LogP contribution in [0.3, 0.4) is 0 Å². The summed E-state index contributed by atoms with van der Waals surface area (Å²) in [6.45, 7) is 6.20. The summed E-state index contributed by atoms with van der Waals surface area (Å²) in [4.78, 5) is 32.4. The van der Waals surface area contributed by atoms with Crippen molar-refractivity contribution in [2.45, 2.75) is 20.8 Å². The normalized spacial score (nSPS) is 10.7. The van der Waals surface area contributed by atoms with Crippen LogP contribution in [0.2, 0.25) is 0 Å². The topological polar surface area (TPSA) is 85.7 Å². The molecule has 0 atom stereocenters. The number of methoxy groups -OCH3 is 2. The Morgan fingerprint density at radius 1 is 0.895 bits per heavy atom. The van der Waals surface area contributed by atoms with E-state index in [1.165, 1.54) is 10.5 Å². The molecule has 38 heavy (non-hydrogen) atoms. The standard InChI is InChI=1S/C30H32N4O4/c1-6-33(29(36)23-10-15-26(38-5)16-11-23)19-28(35)32-30-31-27(22-8-13-25(37-4)14-9-22)18-34(30)24-12-7-20(2)21(3)17-24/h7-18H,6,19H2,1-5H3,(H,31,32,35). The Hall–Kier alpha value is -4.59. The van der Waals surface area contributed by atoms with Crippen LogP contribution in [-0.4, -0.2) is 53.6 Å². The third-order valence-electron chi connectivity index (χ3n) is 6.45. The summed E-state index contributed by atoms with van der Waals surface area (Å²) < 4.78 is 12.3. The minimum Gasteiger partial charge on any atom is -0.497 e. The van der Waals surface area contributed by atoms with Gasteiger partial charge in [-0.15, -0.1) is 0 Å². The van der Waals surface area contributed by atoms with Crippen LogP contribution in [0, 0.1) is 13.8 Å². The lowest BCUT2D eigenvalue weighted by atomic mass is 10.1. The molecule has 1 heterocycles. The van der Waals surface area contributed by atoms with Gasteiger partial charge in [-0.2, -0.15) is 0 Å². The Morgan fingerprint density at radius 3 is 2.11 bits per heavy atom. The predicted molar refractivity (Wildman–Crippen MR) is 148 cm³/mol. The number of rotatable bonds is 9. The number of nitrogens with one attached hydrogen (secondary N) is 1. The van der Waals surface area contributed by atoms with E-state index in [2.05, 4.69) is 18.3 Å². The molecule has 0 bridgehead atoms. The first-order valence-corrected chi connectivity index (χ1v) is 12.4. The van der Waals surface area contributed by atoms with Crippen LogP contribution in [0.25, 0.3) is 16.9 Å². The van der Waals surface area contributed by atoms with Crippen molar-refractivity contribution >= 4 is 17.8 Å². The van der Waals surface area contributed by atoms with Gasteiger partial charge in [-0.05, 0) is 92.6 Å². The van der Waals surface area contributed by atoms with E-state index in [4.69, 9.17) is 14.5 Å². The van der Waals surface area contributed by atoms with Crippen molar-refractivity contribution in [3.63, 3.8) is 0 Å². The van der Waals surface area contributed by atoms with Crippen molar-refractivity contribution < 1.29 is 19.1 Å². The van der Waals surface area contributed by atoms with Gasteiger partial charge in [0.05, 0.1) is 19.9 Å². The highest BCUT2D eigenvalue weighted by molar-refractivity contribution is 5.99. The zero-order valence-corrected chi connectivity index (χ0v) is 22.3. The maximum Gasteiger partial charge on any atom is 0.254 e. The van der Waals surface area contributed by atoms with Gasteiger partial charge >= 0.3 is 0 Å². The number of anilines is 1. The molecule has 0 aliphatic heterocycles. The minimum absolute atomic E-state index is 0.112. The molecule has 0 aliphatic carbocycles. The number of carbonyl (C=O) groups excluding carboxylic acids is 2. The van der Waals surface area contributed by atoms with Gasteiger partial charge in [0.25, 0.3) is 5.91 Å². The van der Waals surface area contributed by atoms with Crippen LogP contribution in [0.1, 0.15) is 28.4 Å². The molecule has 8 nitrogen and oxygen atoms in total. The summed E-state index contributed by atoms with van der Waals surface area (Å²) in [7, 11) is 3.19. The van der Waals surface area contributed by atoms with E-state index in [-0.39, 0.29) is 18.4 Å². The molecular weight excluding hydrogens is 480 g/mol. The van der Waals surface area contributed by atoms with Crippen molar-refractivity contribution in [3.05, 3.63) is 89.6 Å². The number of aromatic nitrogens is 2. The first-order valence-electron chi connectivity index (χ1n) is 12.4. The Balaban J connectivity index is 1.60. The second-order valence-electron chi connectivity index (χ2n) is 8.91. The zero-order valence-electron chi connectivity index (χ0n) is 22.3. The van der Waals surface area contributed by atoms with Crippen LogP contribution >= 0.6 is 0 Å². The van der Waals surface area contributed by atoms with E-state index >= 15 is 0 Å². The van der Waals surface area contributed by atoms with Gasteiger partial charge < -0.3 is 14.4 Å². The molecule has 0 saturated carbocycles. The van der Waals surface area contributed by atoms with Crippen LogP contribution in [0.4, 0.5) is 5.95 Å². The number of amides is 2. The number of carbonyl (C=O) groups is 2. The van der Waals surface area contributed by atoms with Crippen LogP contribution in [-0.2, 0) is 4.79 Å². The van der Waals surface area contributed by atoms with Gasteiger partial charge in [0.15, 0.2) is 0 Å². The second kappa shape index (κ2) is 11.6. The van der Waals surface area contributed by atoms with Crippen molar-refractivity contribution in [1.29, 1.82) is 0 Å². The van der Waals surface area contributed by atoms with Gasteiger partial charge in [0.2, 0.25) is 11.9 Å². The Bertz CT molecular complexity index is 1430. The highest BCUT2D eigenvalue weighted by Gasteiger charge is 2.20. The first-order chi connectivity index (χ1) is 18.3. The van der Waals surface area contributed by atoms with Crippen LogP contribution in [0.5, 0.6) is 11.5 Å². The molecule has 1 N–H and O–H groups in total. The van der Waals surface area contributed by atoms with E-state index in [0.717, 1.165) is 22.6 Å². The van der Waals surface area contributed by atoms with E-state index in [1.54, 1.807) is 38.5 Å². The van der Waals surface area contributed by atoms with E-state index in [0.29, 0.717) is 29.5 Å². The SMILES string of the molecule is CCN(CC(=O)Nc1nc(-c2ccc(OC)cc2)cn1-c1ccc(C)c(C)c1)C(=O)c1ccc(OC)cc1. The molecule has 0 unspecified atom stereocenters. The maximum atomic E-state index is 13.2. The van der Waals surface area contributed by atoms with E-state index in [1.807, 2.05) is 61.0 Å². The quantitative estimate of drug-likeness (QED) is 0.330. The van der Waals surface area contributed by atoms with Crippen molar-refractivity contribution in [1.82, 2.24) is 14.5 Å². The average Bonchev–Trinajstić information content (AvgIpc) is 3.36. The third-order valence-corrected chi connectivity index (χ3v) is 6.45. The van der Waals surface area contributed by atoms with Crippen molar-refractivity contribution in [3.8, 4) is 28.4 Å². The monoisotopic (exact) mass is 512 g/mol. The first kappa shape index (κ1) is 26.5. The Morgan fingerprint density at radius 2 is 1.53 bits per heavy atom. The number of nitrogens with zero attached hydrogens (tertiary/aromatic N) is 3. The fourth-order valence-corrected chi connectivity index (χ4v) is 4.02. The molecule has 196 valence electrons. The predicted octanol–water partition coefficient (Wildman–Crippen LogP) is 5.27. The number of ether oxygens (including phenoxy) is 2. The van der Waals surface area contributed by atoms with Crippen LogP contribution in [0.15, 0.2) is 72.9 Å². The lowest BCUT2D eigenvalue weighted by Gasteiger charge is -2.20. The lowest BCUT2D eigenvalue weighted by molar-refractivity contribution is -0.116. The van der Waals surface area contributed by atoms with Crippen molar-refractivity contribution in [2.75, 3.05) is 32.6 Å². The summed E-state index contributed by atoms with van der Waals surface area (Å²) in [5.74, 6) is 1.20. The van der Waals surface area contributed by atoms with E-state index < -0.39 is 0 Å². The highest BCUT2D eigenvalue weighted by Crippen LogP contribution is 2.27. The van der Waals surface area contributed by atoms with Gasteiger partial charge in [-0.3, -0.25) is 19.5 Å². The number of likely N-dealkylation sites (N-methyl/N-ethyl adjacent to an activating group) is 1. The molecule has 0 radical (unpaired) electrons. The number of benzene rings is 3.